The van der Waals surface area contributed by atoms with Crippen molar-refractivity contribution in [2.75, 3.05) is 5.32 Å². The third-order valence-corrected chi connectivity index (χ3v) is 3.80. The summed E-state index contributed by atoms with van der Waals surface area (Å²) in [7, 11) is 0. The van der Waals surface area contributed by atoms with Gasteiger partial charge in [-0.3, -0.25) is 4.79 Å². The van der Waals surface area contributed by atoms with Gasteiger partial charge in [-0.25, -0.2) is 0 Å². The van der Waals surface area contributed by atoms with Crippen LogP contribution in [0.1, 0.15) is 77.7 Å². The normalized spacial score (nSPS) is 11.1. The first-order valence-corrected chi connectivity index (χ1v) is 8.39. The fraction of sp³-hybridized carbons (Fsp3) is 0.632. The molecule has 0 radical (unpaired) electrons. The molecule has 0 unspecified atom stereocenters. The van der Waals surface area contributed by atoms with Crippen LogP contribution in [0, 0.1) is 5.92 Å². The number of hydrogen-bond donors (Lipinski definition) is 1. The summed E-state index contributed by atoms with van der Waals surface area (Å²) in [6.07, 6.45) is 6.62. The molecule has 0 saturated carbocycles. The van der Waals surface area contributed by atoms with Gasteiger partial charge in [0.25, 0.3) is 0 Å². The van der Waals surface area contributed by atoms with Crippen LogP contribution in [0.25, 0.3) is 0 Å². The summed E-state index contributed by atoms with van der Waals surface area (Å²) in [4.78, 5) is 11.9. The second kappa shape index (κ2) is 9.59. The predicted octanol–water partition coefficient (Wildman–Crippen LogP) is 5.75. The fourth-order valence-electron chi connectivity index (χ4n) is 2.37. The Hall–Kier alpha value is -1.31. The quantitative estimate of drug-likeness (QED) is 0.577. The molecule has 2 nitrogen and oxygen atoms in total. The van der Waals surface area contributed by atoms with E-state index in [1.807, 2.05) is 12.1 Å². The minimum Gasteiger partial charge on any atom is -0.326 e. The van der Waals surface area contributed by atoms with Crippen molar-refractivity contribution in [3.63, 3.8) is 0 Å². The standard InChI is InChI=1S/C19H31NO/c1-15(2)9-7-5-6-8-10-19(21)20-18-13-11-17(12-14-18)16(3)4/h11-16H,5-10H2,1-4H3,(H,20,21). The smallest absolute Gasteiger partial charge is 0.224 e. The monoisotopic (exact) mass is 289 g/mol. The van der Waals surface area contributed by atoms with Gasteiger partial charge in [0, 0.05) is 12.1 Å². The molecule has 1 N–H and O–H groups in total. The fourth-order valence-corrected chi connectivity index (χ4v) is 2.37. The molecule has 1 aromatic carbocycles. The number of benzene rings is 1. The molecule has 0 aromatic heterocycles. The zero-order chi connectivity index (χ0) is 15.7. The van der Waals surface area contributed by atoms with Crippen molar-refractivity contribution < 1.29 is 4.79 Å². The Balaban J connectivity index is 2.18. The van der Waals surface area contributed by atoms with Crippen LogP contribution in [0.2, 0.25) is 0 Å². The van der Waals surface area contributed by atoms with Crippen molar-refractivity contribution in [2.24, 2.45) is 5.92 Å². The van der Waals surface area contributed by atoms with Crippen LogP contribution in [0.15, 0.2) is 24.3 Å². The lowest BCUT2D eigenvalue weighted by atomic mass is 10.0. The Kier molecular flexibility index (Phi) is 8.11. The highest BCUT2D eigenvalue weighted by molar-refractivity contribution is 5.90. The third-order valence-electron chi connectivity index (χ3n) is 3.80. The highest BCUT2D eigenvalue weighted by Gasteiger charge is 2.04. The van der Waals surface area contributed by atoms with Crippen molar-refractivity contribution in [1.82, 2.24) is 0 Å². The minimum atomic E-state index is 0.135. The topological polar surface area (TPSA) is 29.1 Å². The van der Waals surface area contributed by atoms with Gasteiger partial charge >= 0.3 is 0 Å². The van der Waals surface area contributed by atoms with Crippen LogP contribution < -0.4 is 5.32 Å². The maximum absolute atomic E-state index is 11.9. The molecule has 0 spiro atoms. The zero-order valence-electron chi connectivity index (χ0n) is 14.1. The molecular weight excluding hydrogens is 258 g/mol. The summed E-state index contributed by atoms with van der Waals surface area (Å²) in [5.74, 6) is 1.46. The first-order chi connectivity index (χ1) is 9.99. The van der Waals surface area contributed by atoms with Crippen molar-refractivity contribution >= 4 is 11.6 Å². The van der Waals surface area contributed by atoms with Gasteiger partial charge in [0.1, 0.15) is 0 Å². The molecule has 0 aliphatic carbocycles. The van der Waals surface area contributed by atoms with Gasteiger partial charge in [-0.15, -0.1) is 0 Å². The molecule has 1 rings (SSSR count). The third kappa shape index (κ3) is 7.89. The van der Waals surface area contributed by atoms with Crippen molar-refractivity contribution in [3.05, 3.63) is 29.8 Å². The first kappa shape index (κ1) is 17.7. The lowest BCUT2D eigenvalue weighted by Gasteiger charge is -2.08. The summed E-state index contributed by atoms with van der Waals surface area (Å²) in [5.41, 5.74) is 2.21. The van der Waals surface area contributed by atoms with Crippen LogP contribution in [0.4, 0.5) is 5.69 Å². The summed E-state index contributed by atoms with van der Waals surface area (Å²) >= 11 is 0. The van der Waals surface area contributed by atoms with E-state index < -0.39 is 0 Å². The minimum absolute atomic E-state index is 0.135. The molecule has 0 atom stereocenters. The number of hydrogen-bond acceptors (Lipinski definition) is 1. The molecule has 0 heterocycles. The molecule has 1 amide bonds. The van der Waals surface area contributed by atoms with E-state index in [-0.39, 0.29) is 5.91 Å². The lowest BCUT2D eigenvalue weighted by molar-refractivity contribution is -0.116. The SMILES string of the molecule is CC(C)CCCCCCC(=O)Nc1ccc(C(C)C)cc1. The second-order valence-corrected chi connectivity index (χ2v) is 6.67. The molecule has 0 aliphatic rings. The van der Waals surface area contributed by atoms with Crippen LogP contribution >= 0.6 is 0 Å². The largest absolute Gasteiger partial charge is 0.326 e. The maximum atomic E-state index is 11.9. The molecule has 118 valence electrons. The van der Waals surface area contributed by atoms with E-state index >= 15 is 0 Å². The molecule has 2 heteroatoms. The van der Waals surface area contributed by atoms with Gasteiger partial charge in [-0.2, -0.15) is 0 Å². The van der Waals surface area contributed by atoms with E-state index in [4.69, 9.17) is 0 Å². The van der Waals surface area contributed by atoms with E-state index in [0.29, 0.717) is 12.3 Å². The summed E-state index contributed by atoms with van der Waals surface area (Å²) in [5, 5.41) is 2.98. The maximum Gasteiger partial charge on any atom is 0.224 e. The zero-order valence-corrected chi connectivity index (χ0v) is 14.1. The molecule has 0 saturated heterocycles. The van der Waals surface area contributed by atoms with Crippen LogP contribution in [0.3, 0.4) is 0 Å². The van der Waals surface area contributed by atoms with E-state index in [2.05, 4.69) is 45.1 Å². The molecular formula is C19H31NO. The highest BCUT2D eigenvalue weighted by Crippen LogP contribution is 2.17. The number of amides is 1. The van der Waals surface area contributed by atoms with Gasteiger partial charge in [-0.05, 0) is 36.0 Å². The first-order valence-electron chi connectivity index (χ1n) is 8.39. The summed E-state index contributed by atoms with van der Waals surface area (Å²) in [6.45, 7) is 8.87. The van der Waals surface area contributed by atoms with Crippen LogP contribution in [-0.4, -0.2) is 5.91 Å². The van der Waals surface area contributed by atoms with Gasteiger partial charge < -0.3 is 5.32 Å². The second-order valence-electron chi connectivity index (χ2n) is 6.67. The van der Waals surface area contributed by atoms with Gasteiger partial charge in [0.05, 0.1) is 0 Å². The Morgan fingerprint density at radius 1 is 0.952 bits per heavy atom. The van der Waals surface area contributed by atoms with Gasteiger partial charge in [0.2, 0.25) is 5.91 Å². The van der Waals surface area contributed by atoms with Crippen molar-refractivity contribution in [1.29, 1.82) is 0 Å². The number of carbonyl (C=O) groups excluding carboxylic acids is 1. The number of carbonyl (C=O) groups is 1. The summed E-state index contributed by atoms with van der Waals surface area (Å²) in [6, 6.07) is 8.17. The Morgan fingerprint density at radius 3 is 2.14 bits per heavy atom. The van der Waals surface area contributed by atoms with E-state index in [9.17, 15) is 4.79 Å². The Morgan fingerprint density at radius 2 is 1.57 bits per heavy atom. The average molecular weight is 289 g/mol. The highest BCUT2D eigenvalue weighted by atomic mass is 16.1. The summed E-state index contributed by atoms with van der Waals surface area (Å²) < 4.78 is 0. The molecule has 0 bridgehead atoms. The lowest BCUT2D eigenvalue weighted by Crippen LogP contribution is -2.11. The van der Waals surface area contributed by atoms with Crippen molar-refractivity contribution in [3.8, 4) is 0 Å². The molecule has 21 heavy (non-hydrogen) atoms. The Labute approximate surface area is 130 Å². The van der Waals surface area contributed by atoms with Crippen LogP contribution in [0.5, 0.6) is 0 Å². The number of unbranched alkanes of at least 4 members (excludes halogenated alkanes) is 3. The molecule has 1 aromatic rings. The number of anilines is 1. The van der Waals surface area contributed by atoms with Crippen LogP contribution in [-0.2, 0) is 4.79 Å². The van der Waals surface area contributed by atoms with E-state index in [0.717, 1.165) is 24.4 Å². The van der Waals surface area contributed by atoms with Gasteiger partial charge in [-0.1, -0.05) is 65.5 Å². The predicted molar refractivity (Wildman–Crippen MR) is 91.7 cm³/mol. The van der Waals surface area contributed by atoms with E-state index in [1.165, 1.54) is 24.8 Å². The Bertz CT molecular complexity index is 406. The van der Waals surface area contributed by atoms with Crippen molar-refractivity contribution in [2.45, 2.75) is 72.1 Å². The molecule has 0 aliphatic heterocycles. The number of rotatable bonds is 9. The average Bonchev–Trinajstić information content (AvgIpc) is 2.43. The molecule has 0 fully saturated rings. The van der Waals surface area contributed by atoms with Gasteiger partial charge in [0.15, 0.2) is 0 Å². The number of nitrogens with one attached hydrogen (secondary N) is 1. The van der Waals surface area contributed by atoms with E-state index in [1.54, 1.807) is 0 Å².